The number of carbonyl (C=O) groups is 3. The zero-order valence-electron chi connectivity index (χ0n) is 14.7. The summed E-state index contributed by atoms with van der Waals surface area (Å²) in [4.78, 5) is 32.1. The van der Waals surface area contributed by atoms with E-state index in [2.05, 4.69) is 0 Å². The highest BCUT2D eigenvalue weighted by Gasteiger charge is 2.10. The second-order valence-corrected chi connectivity index (χ2v) is 5.70. The van der Waals surface area contributed by atoms with Crippen LogP contribution in [0.4, 0.5) is 0 Å². The van der Waals surface area contributed by atoms with Gasteiger partial charge in [0.1, 0.15) is 11.5 Å². The van der Waals surface area contributed by atoms with Gasteiger partial charge in [0, 0.05) is 12.8 Å². The number of aromatic hydroxyl groups is 1. The number of phenols is 1. The van der Waals surface area contributed by atoms with Crippen molar-refractivity contribution in [3.63, 3.8) is 0 Å². The smallest absolute Gasteiger partial charge is 0.335 e. The molecule has 0 amide bonds. The maximum Gasteiger partial charge on any atom is 0.335 e. The number of ketones is 1. The molecule has 0 radical (unpaired) electrons. The number of Topliss-reactive ketones (excluding diaryl/α,β-unsaturated/α-hetero) is 1. The van der Waals surface area contributed by atoms with Crippen LogP contribution < -0.4 is 0 Å². The summed E-state index contributed by atoms with van der Waals surface area (Å²) in [6, 6.07) is 11.0. The standard InChI is InChI=1S/C11H14O2.C9H8O4/c1-2-10(12)6-3-9-4-7-11(13)8-5-9;1-5-2-3-6(8(10)11)4-7(5)9(12)13/h4-5,7-8,13H,2-3,6H2,1H3;2-4H,1H3,(H,10,11)(H,12,13). The van der Waals surface area contributed by atoms with Gasteiger partial charge < -0.3 is 15.3 Å². The molecule has 6 nitrogen and oxygen atoms in total. The summed E-state index contributed by atoms with van der Waals surface area (Å²) in [6.45, 7) is 3.49. The van der Waals surface area contributed by atoms with Crippen LogP contribution in [0.5, 0.6) is 5.75 Å². The minimum atomic E-state index is -1.12. The lowest BCUT2D eigenvalue weighted by Gasteiger charge is -2.01. The number of aryl methyl sites for hydroxylation is 2. The summed E-state index contributed by atoms with van der Waals surface area (Å²) in [5.74, 6) is -1.68. The van der Waals surface area contributed by atoms with E-state index in [1.165, 1.54) is 12.1 Å². The summed E-state index contributed by atoms with van der Waals surface area (Å²) in [5, 5.41) is 26.3. The van der Waals surface area contributed by atoms with E-state index in [1.807, 2.05) is 19.1 Å². The second kappa shape index (κ2) is 9.98. The fourth-order valence-electron chi connectivity index (χ4n) is 2.11. The topological polar surface area (TPSA) is 112 Å². The number of benzene rings is 2. The lowest BCUT2D eigenvalue weighted by molar-refractivity contribution is -0.118. The number of carboxylic acids is 2. The number of carbonyl (C=O) groups excluding carboxylic acids is 1. The van der Waals surface area contributed by atoms with Crippen molar-refractivity contribution in [1.82, 2.24) is 0 Å². The normalized spacial score (nSPS) is 9.77. The minimum absolute atomic E-state index is 0.0111. The average Bonchev–Trinajstić information content (AvgIpc) is 2.61. The molecule has 3 N–H and O–H groups in total. The molecule has 0 atom stereocenters. The third kappa shape index (κ3) is 6.76. The van der Waals surface area contributed by atoms with Crippen LogP contribution in [0.1, 0.15) is 51.6 Å². The first kappa shape index (κ1) is 20.9. The molecule has 0 fully saturated rings. The van der Waals surface area contributed by atoms with Crippen molar-refractivity contribution in [1.29, 1.82) is 0 Å². The summed E-state index contributed by atoms with van der Waals surface area (Å²) in [6.07, 6.45) is 1.98. The monoisotopic (exact) mass is 358 g/mol. The number of hydrogen-bond donors (Lipinski definition) is 3. The molecule has 0 aliphatic rings. The van der Waals surface area contributed by atoms with E-state index < -0.39 is 11.9 Å². The van der Waals surface area contributed by atoms with E-state index in [-0.39, 0.29) is 22.7 Å². The molecule has 0 bridgehead atoms. The Morgan fingerprint density at radius 1 is 0.923 bits per heavy atom. The van der Waals surface area contributed by atoms with Crippen LogP contribution in [0.25, 0.3) is 0 Å². The number of aromatic carboxylic acids is 2. The summed E-state index contributed by atoms with van der Waals surface area (Å²) >= 11 is 0. The minimum Gasteiger partial charge on any atom is -0.508 e. The Kier molecular flexibility index (Phi) is 8.02. The lowest BCUT2D eigenvalue weighted by Crippen LogP contribution is -2.03. The zero-order chi connectivity index (χ0) is 19.7. The van der Waals surface area contributed by atoms with Gasteiger partial charge in [-0.05, 0) is 48.7 Å². The maximum atomic E-state index is 11.0. The molecule has 26 heavy (non-hydrogen) atoms. The van der Waals surface area contributed by atoms with Crippen LogP contribution in [0.15, 0.2) is 42.5 Å². The Hall–Kier alpha value is -3.15. The largest absolute Gasteiger partial charge is 0.508 e. The van der Waals surface area contributed by atoms with Crippen molar-refractivity contribution in [2.75, 3.05) is 0 Å². The molecular formula is C20H22O6. The molecule has 138 valence electrons. The van der Waals surface area contributed by atoms with Crippen molar-refractivity contribution in [3.05, 3.63) is 64.7 Å². The fourth-order valence-corrected chi connectivity index (χ4v) is 2.11. The molecule has 0 aromatic heterocycles. The highest BCUT2D eigenvalue weighted by Crippen LogP contribution is 2.12. The summed E-state index contributed by atoms with van der Waals surface area (Å²) < 4.78 is 0. The van der Waals surface area contributed by atoms with Crippen LogP contribution in [-0.2, 0) is 11.2 Å². The third-order valence-corrected chi connectivity index (χ3v) is 3.74. The molecule has 6 heteroatoms. The molecule has 2 aromatic carbocycles. The number of phenolic OH excluding ortho intramolecular Hbond substituents is 1. The van der Waals surface area contributed by atoms with Gasteiger partial charge in [-0.15, -0.1) is 0 Å². The van der Waals surface area contributed by atoms with Crippen LogP contribution in [0.2, 0.25) is 0 Å². The van der Waals surface area contributed by atoms with E-state index >= 15 is 0 Å². The van der Waals surface area contributed by atoms with Crippen LogP contribution in [0, 0.1) is 6.92 Å². The highest BCUT2D eigenvalue weighted by molar-refractivity contribution is 5.94. The number of hydrogen-bond acceptors (Lipinski definition) is 4. The second-order valence-electron chi connectivity index (χ2n) is 5.70. The molecule has 0 spiro atoms. The lowest BCUT2D eigenvalue weighted by atomic mass is 10.1. The Morgan fingerprint density at radius 2 is 1.54 bits per heavy atom. The summed E-state index contributed by atoms with van der Waals surface area (Å²) in [7, 11) is 0. The van der Waals surface area contributed by atoms with Crippen molar-refractivity contribution in [3.8, 4) is 5.75 Å². The van der Waals surface area contributed by atoms with Crippen molar-refractivity contribution < 1.29 is 29.7 Å². The van der Waals surface area contributed by atoms with E-state index in [4.69, 9.17) is 15.3 Å². The fraction of sp³-hybridized carbons (Fsp3) is 0.250. The third-order valence-electron chi connectivity index (χ3n) is 3.74. The molecule has 0 saturated heterocycles. The van der Waals surface area contributed by atoms with Crippen LogP contribution in [0.3, 0.4) is 0 Å². The molecule has 0 aliphatic carbocycles. The molecule has 2 rings (SSSR count). The molecule has 0 saturated carbocycles. The first-order valence-electron chi connectivity index (χ1n) is 8.11. The first-order valence-corrected chi connectivity index (χ1v) is 8.11. The van der Waals surface area contributed by atoms with Gasteiger partial charge >= 0.3 is 11.9 Å². The SMILES string of the molecule is CCC(=O)CCc1ccc(O)cc1.Cc1ccc(C(=O)O)cc1C(=O)O. The number of carboxylic acid groups (broad SMARTS) is 2. The van der Waals surface area contributed by atoms with Gasteiger partial charge in [-0.2, -0.15) is 0 Å². The van der Waals surface area contributed by atoms with E-state index in [0.717, 1.165) is 18.1 Å². The van der Waals surface area contributed by atoms with E-state index in [9.17, 15) is 14.4 Å². The first-order chi connectivity index (χ1) is 12.2. The van der Waals surface area contributed by atoms with Gasteiger partial charge in [0.15, 0.2) is 0 Å². The van der Waals surface area contributed by atoms with E-state index in [1.54, 1.807) is 19.1 Å². The predicted octanol–water partition coefficient (Wildman–Crippen LogP) is 3.70. The van der Waals surface area contributed by atoms with Crippen LogP contribution >= 0.6 is 0 Å². The average molecular weight is 358 g/mol. The van der Waals surface area contributed by atoms with Gasteiger partial charge in [0.05, 0.1) is 11.1 Å². The summed E-state index contributed by atoms with van der Waals surface area (Å²) in [5.41, 5.74) is 1.67. The molecule has 2 aromatic rings. The van der Waals surface area contributed by atoms with E-state index in [0.29, 0.717) is 18.4 Å². The Balaban J connectivity index is 0.000000260. The molecule has 0 unspecified atom stereocenters. The van der Waals surface area contributed by atoms with Gasteiger partial charge in [-0.25, -0.2) is 9.59 Å². The van der Waals surface area contributed by atoms with Crippen molar-refractivity contribution >= 4 is 17.7 Å². The highest BCUT2D eigenvalue weighted by atomic mass is 16.4. The Labute approximate surface area is 151 Å². The molecule has 0 heterocycles. The van der Waals surface area contributed by atoms with Crippen molar-refractivity contribution in [2.45, 2.75) is 33.1 Å². The quantitative estimate of drug-likeness (QED) is 0.726. The zero-order valence-corrected chi connectivity index (χ0v) is 14.7. The predicted molar refractivity (Wildman–Crippen MR) is 96.8 cm³/mol. The molecule has 0 aliphatic heterocycles. The van der Waals surface area contributed by atoms with Gasteiger partial charge in [-0.1, -0.05) is 25.1 Å². The Bertz CT molecular complexity index is 777. The Morgan fingerprint density at radius 3 is 2.04 bits per heavy atom. The van der Waals surface area contributed by atoms with Gasteiger partial charge in [-0.3, -0.25) is 4.79 Å². The maximum absolute atomic E-state index is 11.0. The van der Waals surface area contributed by atoms with Crippen molar-refractivity contribution in [2.24, 2.45) is 0 Å². The van der Waals surface area contributed by atoms with Gasteiger partial charge in [0.25, 0.3) is 0 Å². The molecular weight excluding hydrogens is 336 g/mol. The van der Waals surface area contributed by atoms with Gasteiger partial charge in [0.2, 0.25) is 0 Å². The van der Waals surface area contributed by atoms with Crippen LogP contribution in [-0.4, -0.2) is 33.0 Å². The number of rotatable bonds is 6.